The van der Waals surface area contributed by atoms with Crippen molar-refractivity contribution in [2.75, 3.05) is 0 Å². The van der Waals surface area contributed by atoms with Gasteiger partial charge in [0.25, 0.3) is 0 Å². The van der Waals surface area contributed by atoms with E-state index in [1.54, 1.807) is 12.8 Å². The molecule has 5 aliphatic rings. The van der Waals surface area contributed by atoms with E-state index in [1.807, 2.05) is 0 Å². The second kappa shape index (κ2) is 7.83. The maximum absolute atomic E-state index is 10.3. The highest BCUT2D eigenvalue weighted by molar-refractivity contribution is 5.09. The molecule has 1 heteroatoms. The van der Waals surface area contributed by atoms with Gasteiger partial charge in [0.05, 0.1) is 6.10 Å². The van der Waals surface area contributed by atoms with Gasteiger partial charge in [-0.15, -0.1) is 0 Å². The van der Waals surface area contributed by atoms with Crippen LogP contribution in [0.3, 0.4) is 0 Å². The number of aliphatic hydroxyl groups is 1. The summed E-state index contributed by atoms with van der Waals surface area (Å²) in [5.74, 6) is 6.62. The van der Waals surface area contributed by atoms with Crippen molar-refractivity contribution in [2.45, 2.75) is 123 Å². The van der Waals surface area contributed by atoms with Gasteiger partial charge < -0.3 is 5.11 Å². The topological polar surface area (TPSA) is 20.2 Å². The van der Waals surface area contributed by atoms with Gasteiger partial charge in [0.2, 0.25) is 0 Å². The van der Waals surface area contributed by atoms with Crippen LogP contribution in [-0.2, 0) is 0 Å². The lowest BCUT2D eigenvalue weighted by Gasteiger charge is -2.61. The van der Waals surface area contributed by atoms with Gasteiger partial charge in [-0.2, -0.15) is 0 Å². The molecule has 2 unspecified atom stereocenters. The summed E-state index contributed by atoms with van der Waals surface area (Å²) in [6, 6.07) is 0. The van der Waals surface area contributed by atoms with E-state index < -0.39 is 0 Å². The summed E-state index contributed by atoms with van der Waals surface area (Å²) in [6.45, 7) is 8.00. The Morgan fingerprint density at radius 3 is 2.38 bits per heavy atom. The van der Waals surface area contributed by atoms with E-state index in [2.05, 4.69) is 20.8 Å². The highest BCUT2D eigenvalue weighted by Crippen LogP contribution is 2.68. The van der Waals surface area contributed by atoms with Crippen LogP contribution in [0.5, 0.6) is 0 Å². The Morgan fingerprint density at radius 1 is 0.793 bits per heavy atom. The Bertz CT molecular complexity index is 581. The van der Waals surface area contributed by atoms with Crippen molar-refractivity contribution in [3.05, 3.63) is 0 Å². The van der Waals surface area contributed by atoms with Gasteiger partial charge in [0.1, 0.15) is 0 Å². The Balaban J connectivity index is 1.23. The molecule has 0 amide bonds. The molecule has 0 spiro atoms. The molecule has 5 saturated carbocycles. The first-order valence-electron chi connectivity index (χ1n) is 13.6. The second-order valence-corrected chi connectivity index (χ2v) is 12.9. The lowest BCUT2D eigenvalue weighted by Crippen LogP contribution is -2.53. The molecule has 166 valence electrons. The van der Waals surface area contributed by atoms with Crippen LogP contribution in [0.15, 0.2) is 0 Å². The fourth-order valence-electron chi connectivity index (χ4n) is 9.84. The Morgan fingerprint density at radius 2 is 1.59 bits per heavy atom. The number of fused-ring (bicyclic) bond motifs is 5. The van der Waals surface area contributed by atoms with Gasteiger partial charge in [-0.25, -0.2) is 0 Å². The fraction of sp³-hybridized carbons (Fsp3) is 1.00. The summed E-state index contributed by atoms with van der Waals surface area (Å²) in [5.41, 5.74) is 1.30. The van der Waals surface area contributed by atoms with Crippen LogP contribution in [0.4, 0.5) is 0 Å². The number of hydrogen-bond acceptors (Lipinski definition) is 1. The lowest BCUT2D eigenvalue weighted by atomic mass is 9.44. The molecule has 0 aromatic carbocycles. The van der Waals surface area contributed by atoms with E-state index in [0.29, 0.717) is 16.7 Å². The van der Waals surface area contributed by atoms with Crippen LogP contribution in [-0.4, -0.2) is 11.2 Å². The number of aliphatic hydroxyl groups excluding tert-OH is 1. The van der Waals surface area contributed by atoms with Crippen molar-refractivity contribution >= 4 is 0 Å². The molecule has 1 nitrogen and oxygen atoms in total. The van der Waals surface area contributed by atoms with Crippen LogP contribution in [0.2, 0.25) is 0 Å². The smallest absolute Gasteiger partial charge is 0.0568 e. The maximum atomic E-state index is 10.3. The first-order valence-corrected chi connectivity index (χ1v) is 13.6. The van der Waals surface area contributed by atoms with E-state index in [-0.39, 0.29) is 6.10 Å². The standard InChI is InChI=1S/C28H48O/c1-19(7-6-9-26(29)20-10-11-20)23-14-15-24-22-13-12-21-8-4-5-17-27(21,2)25(22)16-18-28(23,24)3/h19-26,29H,4-18H2,1-3H3/t19-,21?,22+,23-,24+,25+,26?,27+,28-/m1/s1. The minimum atomic E-state index is 0.0102. The Hall–Kier alpha value is -0.0400. The van der Waals surface area contributed by atoms with Crippen LogP contribution in [0, 0.1) is 52.3 Å². The normalized spacial score (nSPS) is 49.0. The summed E-state index contributed by atoms with van der Waals surface area (Å²) in [5, 5.41) is 10.3. The van der Waals surface area contributed by atoms with Crippen LogP contribution in [0.25, 0.3) is 0 Å². The van der Waals surface area contributed by atoms with Crippen LogP contribution >= 0.6 is 0 Å². The van der Waals surface area contributed by atoms with E-state index in [1.165, 1.54) is 77.0 Å². The molecular weight excluding hydrogens is 352 g/mol. The number of hydrogen-bond donors (Lipinski definition) is 1. The summed E-state index contributed by atoms with van der Waals surface area (Å²) >= 11 is 0. The van der Waals surface area contributed by atoms with E-state index in [4.69, 9.17) is 0 Å². The third-order valence-electron chi connectivity index (χ3n) is 11.7. The molecule has 0 aromatic rings. The van der Waals surface area contributed by atoms with Crippen molar-refractivity contribution < 1.29 is 5.11 Å². The predicted octanol–water partition coefficient (Wildman–Crippen LogP) is 7.61. The van der Waals surface area contributed by atoms with Crippen LogP contribution < -0.4 is 0 Å². The molecule has 5 rings (SSSR count). The summed E-state index contributed by atoms with van der Waals surface area (Å²) in [4.78, 5) is 0. The molecule has 5 fully saturated rings. The highest BCUT2D eigenvalue weighted by Gasteiger charge is 2.60. The second-order valence-electron chi connectivity index (χ2n) is 12.9. The first-order chi connectivity index (χ1) is 13.9. The van der Waals surface area contributed by atoms with Crippen molar-refractivity contribution in [1.29, 1.82) is 0 Å². The van der Waals surface area contributed by atoms with E-state index >= 15 is 0 Å². The van der Waals surface area contributed by atoms with Gasteiger partial charge in [-0.3, -0.25) is 0 Å². The zero-order valence-corrected chi connectivity index (χ0v) is 19.7. The molecule has 1 N–H and O–H groups in total. The van der Waals surface area contributed by atoms with Crippen molar-refractivity contribution in [3.8, 4) is 0 Å². The van der Waals surface area contributed by atoms with Gasteiger partial charge in [0, 0.05) is 0 Å². The quantitative estimate of drug-likeness (QED) is 0.486. The van der Waals surface area contributed by atoms with Crippen molar-refractivity contribution in [1.82, 2.24) is 0 Å². The zero-order chi connectivity index (χ0) is 20.2. The average molecular weight is 401 g/mol. The third kappa shape index (κ3) is 3.54. The molecule has 0 heterocycles. The number of rotatable bonds is 6. The summed E-state index contributed by atoms with van der Waals surface area (Å²) in [7, 11) is 0. The average Bonchev–Trinajstić information content (AvgIpc) is 3.49. The van der Waals surface area contributed by atoms with Crippen molar-refractivity contribution in [3.63, 3.8) is 0 Å². The summed E-state index contributed by atoms with van der Waals surface area (Å²) < 4.78 is 0. The zero-order valence-electron chi connectivity index (χ0n) is 19.7. The molecular formula is C28H48O. The third-order valence-corrected chi connectivity index (χ3v) is 11.7. The molecule has 0 saturated heterocycles. The minimum Gasteiger partial charge on any atom is -0.393 e. The molecule has 0 bridgehead atoms. The molecule has 0 aliphatic heterocycles. The Kier molecular flexibility index (Phi) is 5.62. The SMILES string of the molecule is C[C@H](CCCC(O)C1CC1)[C@H]1CC[C@H]2[C@@H]3CCC4CCCC[C@]4(C)[C@H]3CC[C@]12C. The van der Waals surface area contributed by atoms with E-state index in [0.717, 1.165) is 41.9 Å². The molecule has 9 atom stereocenters. The lowest BCUT2D eigenvalue weighted by molar-refractivity contribution is -0.114. The fourth-order valence-corrected chi connectivity index (χ4v) is 9.84. The molecule has 5 aliphatic carbocycles. The van der Waals surface area contributed by atoms with Gasteiger partial charge in [-0.1, -0.05) is 46.5 Å². The summed E-state index contributed by atoms with van der Waals surface area (Å²) in [6.07, 6.45) is 21.5. The Labute approximate surface area is 180 Å². The molecule has 0 radical (unpaired) electrons. The van der Waals surface area contributed by atoms with Crippen LogP contribution in [0.1, 0.15) is 117 Å². The van der Waals surface area contributed by atoms with Gasteiger partial charge in [0.15, 0.2) is 0 Å². The predicted molar refractivity (Wildman–Crippen MR) is 122 cm³/mol. The largest absolute Gasteiger partial charge is 0.393 e. The van der Waals surface area contributed by atoms with E-state index in [9.17, 15) is 5.11 Å². The first kappa shape index (κ1) is 20.8. The van der Waals surface area contributed by atoms with Gasteiger partial charge in [-0.05, 0) is 123 Å². The molecule has 29 heavy (non-hydrogen) atoms. The minimum absolute atomic E-state index is 0.0102. The van der Waals surface area contributed by atoms with Crippen molar-refractivity contribution in [2.24, 2.45) is 52.3 Å². The highest BCUT2D eigenvalue weighted by atomic mass is 16.3. The van der Waals surface area contributed by atoms with Gasteiger partial charge >= 0.3 is 0 Å². The monoisotopic (exact) mass is 400 g/mol. The maximum Gasteiger partial charge on any atom is 0.0568 e. The molecule has 0 aromatic heterocycles.